The molecule has 66 valence electrons. The van der Waals surface area contributed by atoms with Gasteiger partial charge in [0.2, 0.25) is 0 Å². The highest BCUT2D eigenvalue weighted by Gasteiger charge is 2.03. The van der Waals surface area contributed by atoms with Crippen LogP contribution >= 0.6 is 0 Å². The molecule has 0 aliphatic heterocycles. The van der Waals surface area contributed by atoms with Gasteiger partial charge in [-0.05, 0) is 30.2 Å². The van der Waals surface area contributed by atoms with E-state index in [1.54, 1.807) is 24.7 Å². The topological polar surface area (TPSA) is 33.4 Å². The number of phenols is 1. The minimum atomic E-state index is 0.276. The molecule has 0 bridgehead atoms. The average molecular weight is 174 g/mol. The first-order chi connectivity index (χ1) is 6.27. The van der Waals surface area contributed by atoms with Gasteiger partial charge in [-0.1, -0.05) is 12.1 Å². The summed E-state index contributed by atoms with van der Waals surface area (Å²) < 4.78 is 5.06. The molecule has 0 saturated heterocycles. The highest BCUT2D eigenvalue weighted by Crippen LogP contribution is 2.26. The third kappa shape index (κ3) is 1.43. The van der Waals surface area contributed by atoms with Gasteiger partial charge < -0.3 is 9.52 Å². The monoisotopic (exact) mass is 174 g/mol. The number of rotatable bonds is 1. The molecule has 0 aliphatic rings. The zero-order valence-electron chi connectivity index (χ0n) is 7.32. The van der Waals surface area contributed by atoms with E-state index in [-0.39, 0.29) is 5.75 Å². The number of benzene rings is 1. The van der Waals surface area contributed by atoms with E-state index in [0.29, 0.717) is 0 Å². The van der Waals surface area contributed by atoms with E-state index in [1.807, 2.05) is 19.1 Å². The van der Waals surface area contributed by atoms with Gasteiger partial charge in [-0.3, -0.25) is 0 Å². The maximum atomic E-state index is 9.27. The predicted molar refractivity (Wildman–Crippen MR) is 50.5 cm³/mol. The van der Waals surface area contributed by atoms with Crippen LogP contribution in [0.2, 0.25) is 0 Å². The summed E-state index contributed by atoms with van der Waals surface area (Å²) in [4.78, 5) is 0. The molecule has 0 spiro atoms. The van der Waals surface area contributed by atoms with Crippen LogP contribution in [-0.4, -0.2) is 5.11 Å². The second-order valence-corrected chi connectivity index (χ2v) is 3.02. The van der Waals surface area contributed by atoms with Gasteiger partial charge >= 0.3 is 0 Å². The van der Waals surface area contributed by atoms with Crippen molar-refractivity contribution in [3.63, 3.8) is 0 Å². The number of aromatic hydroxyl groups is 1. The lowest BCUT2D eigenvalue weighted by Gasteiger charge is -1.98. The Balaban J connectivity index is 2.53. The van der Waals surface area contributed by atoms with Crippen molar-refractivity contribution in [2.24, 2.45) is 0 Å². The summed E-state index contributed by atoms with van der Waals surface area (Å²) in [7, 11) is 0. The highest BCUT2D eigenvalue weighted by atomic mass is 16.3. The minimum Gasteiger partial charge on any atom is -0.508 e. The van der Waals surface area contributed by atoms with Crippen molar-refractivity contribution in [1.29, 1.82) is 0 Å². The Morgan fingerprint density at radius 2 is 2.08 bits per heavy atom. The number of hydrogen-bond donors (Lipinski definition) is 1. The normalized spacial score (nSPS) is 10.2. The molecule has 0 amide bonds. The van der Waals surface area contributed by atoms with E-state index in [9.17, 15) is 5.11 Å². The van der Waals surface area contributed by atoms with Gasteiger partial charge in [0.15, 0.2) is 0 Å². The van der Waals surface area contributed by atoms with E-state index in [0.717, 1.165) is 16.7 Å². The minimum absolute atomic E-state index is 0.276. The highest BCUT2D eigenvalue weighted by molar-refractivity contribution is 5.66. The summed E-state index contributed by atoms with van der Waals surface area (Å²) in [5.41, 5.74) is 3.08. The number of phenolic OH excluding ortho intramolecular Hbond substituents is 1. The summed E-state index contributed by atoms with van der Waals surface area (Å²) in [6.07, 6.45) is 3.38. The molecule has 1 aromatic carbocycles. The lowest BCUT2D eigenvalue weighted by atomic mass is 10.1. The molecular weight excluding hydrogens is 164 g/mol. The first-order valence-corrected chi connectivity index (χ1v) is 4.09. The SMILES string of the molecule is Cc1cocc1-c1cccc(O)c1. The molecule has 2 rings (SSSR count). The van der Waals surface area contributed by atoms with Crippen LogP contribution in [0.5, 0.6) is 5.75 Å². The number of hydrogen-bond acceptors (Lipinski definition) is 2. The summed E-state index contributed by atoms with van der Waals surface area (Å²) in [6.45, 7) is 1.98. The molecule has 0 fully saturated rings. The van der Waals surface area contributed by atoms with Crippen molar-refractivity contribution >= 4 is 0 Å². The lowest BCUT2D eigenvalue weighted by molar-refractivity contribution is 0.475. The summed E-state index contributed by atoms with van der Waals surface area (Å²) >= 11 is 0. The molecule has 0 aliphatic carbocycles. The molecule has 1 N–H and O–H groups in total. The Bertz CT molecular complexity index is 416. The standard InChI is InChI=1S/C11H10O2/c1-8-6-13-7-11(8)9-3-2-4-10(12)5-9/h2-7,12H,1H3. The van der Waals surface area contributed by atoms with E-state index >= 15 is 0 Å². The van der Waals surface area contributed by atoms with Crippen LogP contribution in [0.1, 0.15) is 5.56 Å². The van der Waals surface area contributed by atoms with Crippen LogP contribution in [0.15, 0.2) is 41.2 Å². The van der Waals surface area contributed by atoms with Crippen molar-refractivity contribution in [1.82, 2.24) is 0 Å². The summed E-state index contributed by atoms with van der Waals surface area (Å²) in [5, 5.41) is 9.27. The first kappa shape index (κ1) is 7.92. The third-order valence-electron chi connectivity index (χ3n) is 2.01. The first-order valence-electron chi connectivity index (χ1n) is 4.09. The maximum Gasteiger partial charge on any atom is 0.116 e. The van der Waals surface area contributed by atoms with Gasteiger partial charge in [-0.2, -0.15) is 0 Å². The van der Waals surface area contributed by atoms with Gasteiger partial charge in [0.1, 0.15) is 5.75 Å². The van der Waals surface area contributed by atoms with Crippen molar-refractivity contribution in [3.8, 4) is 16.9 Å². The third-order valence-corrected chi connectivity index (χ3v) is 2.01. The largest absolute Gasteiger partial charge is 0.508 e. The molecule has 0 radical (unpaired) electrons. The van der Waals surface area contributed by atoms with Gasteiger partial charge in [0, 0.05) is 5.56 Å². The zero-order chi connectivity index (χ0) is 9.26. The summed E-state index contributed by atoms with van der Waals surface area (Å²) in [6, 6.07) is 7.13. The fourth-order valence-corrected chi connectivity index (χ4v) is 1.33. The van der Waals surface area contributed by atoms with Crippen LogP contribution in [-0.2, 0) is 0 Å². The molecule has 0 saturated carbocycles. The van der Waals surface area contributed by atoms with E-state index < -0.39 is 0 Å². The van der Waals surface area contributed by atoms with Gasteiger partial charge in [0.25, 0.3) is 0 Å². The Morgan fingerprint density at radius 3 is 2.69 bits per heavy atom. The van der Waals surface area contributed by atoms with Crippen molar-refractivity contribution in [2.45, 2.75) is 6.92 Å². The van der Waals surface area contributed by atoms with Crippen molar-refractivity contribution in [2.75, 3.05) is 0 Å². The Morgan fingerprint density at radius 1 is 1.23 bits per heavy atom. The molecule has 1 heterocycles. The number of aryl methyl sites for hydroxylation is 1. The maximum absolute atomic E-state index is 9.27. The van der Waals surface area contributed by atoms with Gasteiger partial charge in [-0.15, -0.1) is 0 Å². The van der Waals surface area contributed by atoms with Crippen molar-refractivity contribution < 1.29 is 9.52 Å². The smallest absolute Gasteiger partial charge is 0.116 e. The molecule has 13 heavy (non-hydrogen) atoms. The summed E-state index contributed by atoms with van der Waals surface area (Å²) in [5.74, 6) is 0.276. The fraction of sp³-hybridized carbons (Fsp3) is 0.0909. The lowest BCUT2D eigenvalue weighted by Crippen LogP contribution is -1.76. The Labute approximate surface area is 76.4 Å². The molecular formula is C11H10O2. The van der Waals surface area contributed by atoms with Gasteiger partial charge in [0.05, 0.1) is 12.5 Å². The van der Waals surface area contributed by atoms with Crippen molar-refractivity contribution in [3.05, 3.63) is 42.4 Å². The second kappa shape index (κ2) is 2.98. The Hall–Kier alpha value is -1.70. The molecule has 1 aromatic heterocycles. The zero-order valence-corrected chi connectivity index (χ0v) is 7.32. The molecule has 2 heteroatoms. The van der Waals surface area contributed by atoms with Gasteiger partial charge in [-0.25, -0.2) is 0 Å². The average Bonchev–Trinajstić information content (AvgIpc) is 2.51. The second-order valence-electron chi connectivity index (χ2n) is 3.02. The van der Waals surface area contributed by atoms with Crippen LogP contribution < -0.4 is 0 Å². The molecule has 2 aromatic rings. The number of furan rings is 1. The molecule has 2 nitrogen and oxygen atoms in total. The van der Waals surface area contributed by atoms with E-state index in [2.05, 4.69) is 0 Å². The van der Waals surface area contributed by atoms with E-state index in [1.165, 1.54) is 0 Å². The fourth-order valence-electron chi connectivity index (χ4n) is 1.33. The van der Waals surface area contributed by atoms with Crippen LogP contribution in [0, 0.1) is 6.92 Å². The molecule has 0 unspecified atom stereocenters. The Kier molecular flexibility index (Phi) is 1.81. The van der Waals surface area contributed by atoms with Crippen LogP contribution in [0.25, 0.3) is 11.1 Å². The van der Waals surface area contributed by atoms with Crippen LogP contribution in [0.3, 0.4) is 0 Å². The quantitative estimate of drug-likeness (QED) is 0.721. The molecule has 0 atom stereocenters. The predicted octanol–water partition coefficient (Wildman–Crippen LogP) is 2.96. The van der Waals surface area contributed by atoms with Crippen LogP contribution in [0.4, 0.5) is 0 Å². The van der Waals surface area contributed by atoms with E-state index in [4.69, 9.17) is 4.42 Å².